The van der Waals surface area contributed by atoms with Gasteiger partial charge in [0.2, 0.25) is 0 Å². The van der Waals surface area contributed by atoms with Gasteiger partial charge in [-0.15, -0.1) is 11.8 Å². The molecule has 4 radical (unpaired) electrons. The topological polar surface area (TPSA) is 0 Å². The molecule has 0 unspecified atom stereocenters. The fraction of sp³-hybridized carbons (Fsp3) is 0.779. The molecular formula is C68H121Y4-7. The van der Waals surface area contributed by atoms with Crippen molar-refractivity contribution in [2.45, 2.75) is 312 Å². The molecule has 0 amide bonds. The van der Waals surface area contributed by atoms with Crippen LogP contribution in [0.3, 0.4) is 0 Å². The summed E-state index contributed by atoms with van der Waals surface area (Å²) >= 11 is 0. The predicted molar refractivity (Wildman–Crippen MR) is 314 cm³/mol. The second-order valence-corrected chi connectivity index (χ2v) is 19.3. The van der Waals surface area contributed by atoms with Crippen molar-refractivity contribution < 1.29 is 131 Å². The average molecular weight is 1290 g/mol. The Bertz CT molecular complexity index is 1120. The van der Waals surface area contributed by atoms with Crippen LogP contribution >= 0.6 is 0 Å². The van der Waals surface area contributed by atoms with E-state index in [1.807, 2.05) is 0 Å². The number of hydrogen-bond acceptors (Lipinski definition) is 0. The molecule has 72 heavy (non-hydrogen) atoms. The normalized spacial score (nSPS) is 18.0. The Morgan fingerprint density at radius 3 is 0.931 bits per heavy atom. The molecule has 0 aromatic carbocycles. The van der Waals surface area contributed by atoms with E-state index in [-0.39, 0.29) is 138 Å². The smallest absolute Gasteiger partial charge is 0.0702 e. The van der Waals surface area contributed by atoms with Gasteiger partial charge in [-0.2, -0.15) is 53.4 Å². The Morgan fingerprint density at radius 1 is 0.361 bits per heavy atom. The van der Waals surface area contributed by atoms with Crippen molar-refractivity contribution in [3.8, 4) is 47.4 Å². The Morgan fingerprint density at radius 2 is 0.667 bits per heavy atom. The van der Waals surface area contributed by atoms with Crippen molar-refractivity contribution in [2.24, 2.45) is 29.6 Å². The first-order valence-corrected chi connectivity index (χ1v) is 29.6. The van der Waals surface area contributed by atoms with Gasteiger partial charge in [-0.25, -0.2) is 0 Å². The van der Waals surface area contributed by atoms with Gasteiger partial charge in [-0.05, 0) is 37.5 Å². The van der Waals surface area contributed by atoms with E-state index in [1.165, 1.54) is 244 Å². The van der Waals surface area contributed by atoms with Crippen molar-refractivity contribution >= 4 is 0 Å². The second-order valence-electron chi connectivity index (χ2n) is 19.3. The van der Waals surface area contributed by atoms with Crippen molar-refractivity contribution in [3.63, 3.8) is 0 Å². The summed E-state index contributed by atoms with van der Waals surface area (Å²) in [6, 6.07) is 0. The molecule has 0 heterocycles. The molecular weight excluding hydrogens is 1170 g/mol. The van der Waals surface area contributed by atoms with Gasteiger partial charge in [0.15, 0.2) is 0 Å². The van der Waals surface area contributed by atoms with Crippen LogP contribution in [0.25, 0.3) is 0 Å². The van der Waals surface area contributed by atoms with Crippen molar-refractivity contribution in [2.75, 3.05) is 0 Å². The van der Waals surface area contributed by atoms with Crippen LogP contribution in [0, 0.1) is 125 Å². The molecule has 7 rings (SSSR count). The summed E-state index contributed by atoms with van der Waals surface area (Å²) in [7, 11) is 0. The molecule has 7 saturated carbocycles. The molecule has 0 bridgehead atoms. The van der Waals surface area contributed by atoms with Crippen LogP contribution in [0.2, 0.25) is 0 Å². The molecule has 0 aliphatic heterocycles. The summed E-state index contributed by atoms with van der Waals surface area (Å²) < 4.78 is 0. The van der Waals surface area contributed by atoms with Crippen LogP contribution in [0.4, 0.5) is 0 Å². The van der Waals surface area contributed by atoms with Crippen LogP contribution in [-0.4, -0.2) is 0 Å². The third-order valence-electron chi connectivity index (χ3n) is 13.7. The molecule has 0 spiro atoms. The minimum absolute atomic E-state index is 0. The zero-order valence-corrected chi connectivity index (χ0v) is 61.5. The van der Waals surface area contributed by atoms with E-state index in [2.05, 4.69) is 116 Å². The van der Waals surface area contributed by atoms with E-state index in [0.717, 1.165) is 37.0 Å². The van der Waals surface area contributed by atoms with Crippen molar-refractivity contribution in [1.82, 2.24) is 0 Å². The van der Waals surface area contributed by atoms with E-state index >= 15 is 0 Å². The summed E-state index contributed by atoms with van der Waals surface area (Å²) in [5.74, 6) is 29.2. The molecule has 7 fully saturated rings. The minimum atomic E-state index is 0. The van der Waals surface area contributed by atoms with Crippen LogP contribution in [-0.2, 0) is 131 Å². The fourth-order valence-corrected chi connectivity index (χ4v) is 9.83. The first-order valence-electron chi connectivity index (χ1n) is 29.6. The van der Waals surface area contributed by atoms with E-state index in [0.29, 0.717) is 11.8 Å². The standard InChI is InChI=1S/C13H18.C10H16.C9H18.C9H13.C8H16.2C6H11.3C2H5.CH3.4Y/c1-2-3-4-5-7-10-13-11-8-6-9-12-13;1-2-3-7-10-8-5-4-6-9-10;2*1-2-6-9-7-4-3-5-8-9;1-2-8-6-4-3-5-7-8;2*1-2-4-6-5-3-1;3*1-2;;;;;/h13H,2,5-6,8-9,11-12H2,1H3;10H,2,4-6,8-9H2,1H3;9H,2-8H2,1H3;9H,1,3-5,7-8H2;8H,2-7H2,1H3;2*1H,2-6H2;3*1H2,2H3;1H3;;;;/q;;;-1;;6*-1;;;;. The van der Waals surface area contributed by atoms with Crippen molar-refractivity contribution in [3.05, 3.63) is 48.0 Å². The monoisotopic (exact) mass is 1290 g/mol. The van der Waals surface area contributed by atoms with Gasteiger partial charge in [0.05, 0.1) is 6.42 Å². The molecule has 7 aliphatic rings. The minimum Gasteiger partial charge on any atom is -0.358 e. The van der Waals surface area contributed by atoms with E-state index < -0.39 is 0 Å². The maximum Gasteiger partial charge on any atom is 0.0702 e. The summed E-state index contributed by atoms with van der Waals surface area (Å²) in [4.78, 5) is 0. The Balaban J connectivity index is -0.000000108. The Labute approximate surface area is 560 Å². The third-order valence-corrected chi connectivity index (χ3v) is 13.7. The molecule has 0 aromatic rings. The van der Waals surface area contributed by atoms with Crippen LogP contribution in [0.1, 0.15) is 312 Å². The Hall–Kier alpha value is 2.53. The third kappa shape index (κ3) is 68.6. The van der Waals surface area contributed by atoms with Gasteiger partial charge < -0.3 is 47.0 Å². The molecule has 7 aliphatic carbocycles. The quantitative estimate of drug-likeness (QED) is 0.195. The molecule has 0 atom stereocenters. The summed E-state index contributed by atoms with van der Waals surface area (Å²) in [6.07, 6.45) is 61.6. The first kappa shape index (κ1) is 91.0. The number of rotatable bonds is 3. The molecule has 0 saturated heterocycles. The molecule has 0 N–H and O–H groups in total. The maximum atomic E-state index is 3.52. The van der Waals surface area contributed by atoms with Gasteiger partial charge in [0, 0.05) is 156 Å². The fourth-order valence-electron chi connectivity index (χ4n) is 9.83. The van der Waals surface area contributed by atoms with Gasteiger partial charge >= 0.3 is 0 Å². The SMILES string of the molecule is CCC#CC1CCCCC1.CCC#CCC#CC1CCCCC1.CCC1CCCCC1.CCCC1CCCCC1.[CH-]1CCCCC1.[CH-]1CCCCC1.[CH2-]C.[CH2-]C.[CH2-]C.[CH2-]C#CC1CCCCC1.[CH3-].[Y].[Y].[Y].[Y]. The molecule has 412 valence electrons. The van der Waals surface area contributed by atoms with E-state index in [4.69, 9.17) is 0 Å². The second kappa shape index (κ2) is 82.4. The summed E-state index contributed by atoms with van der Waals surface area (Å²) in [5.41, 5.74) is 0. The van der Waals surface area contributed by atoms with Gasteiger partial charge in [-0.3, -0.25) is 5.92 Å². The average Bonchev–Trinajstić information content (AvgIpc) is 3.43. The van der Waals surface area contributed by atoms with E-state index in [9.17, 15) is 0 Å². The van der Waals surface area contributed by atoms with Crippen LogP contribution in [0.5, 0.6) is 0 Å². The van der Waals surface area contributed by atoms with Crippen LogP contribution < -0.4 is 0 Å². The van der Waals surface area contributed by atoms with Gasteiger partial charge in [0.25, 0.3) is 0 Å². The van der Waals surface area contributed by atoms with Crippen LogP contribution in [0.15, 0.2) is 0 Å². The summed E-state index contributed by atoms with van der Waals surface area (Å²) in [6.45, 7) is 27.3. The van der Waals surface area contributed by atoms with Gasteiger partial charge in [0.1, 0.15) is 0 Å². The zero-order valence-electron chi connectivity index (χ0n) is 50.2. The number of hydrogen-bond donors (Lipinski definition) is 0. The first-order chi connectivity index (χ1) is 33.2. The van der Waals surface area contributed by atoms with Gasteiger partial charge in [-0.1, -0.05) is 250 Å². The molecule has 0 aromatic heterocycles. The summed E-state index contributed by atoms with van der Waals surface area (Å²) in [5, 5.41) is 0. The zero-order chi connectivity index (χ0) is 49.9. The maximum absolute atomic E-state index is 3.52. The van der Waals surface area contributed by atoms with Crippen molar-refractivity contribution in [1.29, 1.82) is 0 Å². The molecule has 0 nitrogen and oxygen atoms in total. The largest absolute Gasteiger partial charge is 0.358 e. The Kier molecular flexibility index (Phi) is 104. The predicted octanol–water partition coefficient (Wildman–Crippen LogP) is 22.4. The molecule has 4 heteroatoms. The van der Waals surface area contributed by atoms with E-state index in [1.54, 1.807) is 20.8 Å².